The van der Waals surface area contributed by atoms with Gasteiger partial charge in [0.2, 0.25) is 0 Å². The molecule has 0 atom stereocenters. The van der Waals surface area contributed by atoms with Crippen molar-refractivity contribution in [3.8, 4) is 0 Å². The van der Waals surface area contributed by atoms with Crippen molar-refractivity contribution in [2.45, 2.75) is 309 Å². The first kappa shape index (κ1) is 54.0. The number of unbranched alkanes of at least 4 members (excludes halogenated alkanes) is 44. The minimum absolute atomic E-state index is 0.373. The fraction of sp³-hybridized carbons (Fsp3) is 1.00. The van der Waals surface area contributed by atoms with Crippen molar-refractivity contribution >= 4 is 0 Å². The third kappa shape index (κ3) is 56.7. The Labute approximate surface area is 331 Å². The molecule has 2 heteroatoms. The standard InChI is InChI=1S/C34H70O.C16H34O/c1-2-3-4-5-6-7-8-9-10-11-12-13-14-15-16-17-18-19-20-21-22-23-24-25-26-27-28-29-30-31-32-33-34-35;1-2-3-4-5-6-7-8-9-10-11-12-13-14-15-16-17/h35H,2-34H2,1H3;17H,2-16H2,1H3. The molecule has 0 fully saturated rings. The largest absolute Gasteiger partial charge is 0.396 e. The summed E-state index contributed by atoms with van der Waals surface area (Å²) in [5.41, 5.74) is 0. The third-order valence-corrected chi connectivity index (χ3v) is 11.5. The van der Waals surface area contributed by atoms with E-state index in [1.807, 2.05) is 0 Å². The molecule has 0 heterocycles. The molecule has 0 aliphatic rings. The van der Waals surface area contributed by atoms with Crippen LogP contribution in [0.25, 0.3) is 0 Å². The summed E-state index contributed by atoms with van der Waals surface area (Å²) in [6.07, 6.45) is 65.3. The number of aliphatic hydroxyl groups is 2. The van der Waals surface area contributed by atoms with E-state index in [-0.39, 0.29) is 0 Å². The second kappa shape index (κ2) is 55.3. The van der Waals surface area contributed by atoms with Gasteiger partial charge in [-0.15, -0.1) is 0 Å². The summed E-state index contributed by atoms with van der Waals surface area (Å²) in [6.45, 7) is 5.33. The molecule has 0 aromatic heterocycles. The third-order valence-electron chi connectivity index (χ3n) is 11.5. The van der Waals surface area contributed by atoms with Gasteiger partial charge in [0.25, 0.3) is 0 Å². The number of aliphatic hydroxyl groups excluding tert-OH is 2. The van der Waals surface area contributed by atoms with Crippen LogP contribution in [0.1, 0.15) is 309 Å². The van der Waals surface area contributed by atoms with E-state index in [1.54, 1.807) is 0 Å². The van der Waals surface area contributed by atoms with Crippen molar-refractivity contribution in [3.05, 3.63) is 0 Å². The number of hydrogen-bond donors (Lipinski definition) is 2. The summed E-state index contributed by atoms with van der Waals surface area (Å²) in [5.74, 6) is 0. The van der Waals surface area contributed by atoms with Gasteiger partial charge in [0.1, 0.15) is 0 Å². The maximum absolute atomic E-state index is 8.78. The van der Waals surface area contributed by atoms with Crippen molar-refractivity contribution in [2.75, 3.05) is 13.2 Å². The lowest BCUT2D eigenvalue weighted by molar-refractivity contribution is 0.282. The molecular weight excluding hydrogens is 633 g/mol. The molecule has 52 heavy (non-hydrogen) atoms. The summed E-state index contributed by atoms with van der Waals surface area (Å²) >= 11 is 0. The van der Waals surface area contributed by atoms with E-state index in [0.29, 0.717) is 13.2 Å². The molecule has 0 aromatic carbocycles. The molecule has 0 unspecified atom stereocenters. The van der Waals surface area contributed by atoms with E-state index in [4.69, 9.17) is 10.2 Å². The average molecular weight is 737 g/mol. The van der Waals surface area contributed by atoms with Gasteiger partial charge in [-0.05, 0) is 12.8 Å². The van der Waals surface area contributed by atoms with Gasteiger partial charge >= 0.3 is 0 Å². The zero-order valence-corrected chi connectivity index (χ0v) is 36.8. The first-order chi connectivity index (χ1) is 25.8. The number of hydrogen-bond acceptors (Lipinski definition) is 2. The van der Waals surface area contributed by atoms with E-state index in [1.165, 1.54) is 283 Å². The van der Waals surface area contributed by atoms with E-state index in [0.717, 1.165) is 12.8 Å². The van der Waals surface area contributed by atoms with Crippen LogP contribution in [0.3, 0.4) is 0 Å². The average Bonchev–Trinajstić information content (AvgIpc) is 3.16. The summed E-state index contributed by atoms with van der Waals surface area (Å²) < 4.78 is 0. The normalized spacial score (nSPS) is 11.3. The van der Waals surface area contributed by atoms with Gasteiger partial charge in [-0.3, -0.25) is 0 Å². The smallest absolute Gasteiger partial charge is 0.0431 e. The zero-order valence-electron chi connectivity index (χ0n) is 36.8. The van der Waals surface area contributed by atoms with Crippen LogP contribution >= 0.6 is 0 Å². The van der Waals surface area contributed by atoms with Gasteiger partial charge in [0.05, 0.1) is 0 Å². The lowest BCUT2D eigenvalue weighted by Gasteiger charge is -2.04. The minimum atomic E-state index is 0.373. The van der Waals surface area contributed by atoms with Crippen LogP contribution in [-0.4, -0.2) is 23.4 Å². The monoisotopic (exact) mass is 737 g/mol. The molecule has 0 aliphatic heterocycles. The molecule has 0 spiro atoms. The summed E-state index contributed by atoms with van der Waals surface area (Å²) in [6, 6.07) is 0. The predicted octanol–water partition coefficient (Wildman–Crippen LogP) is 17.9. The molecule has 0 saturated heterocycles. The maximum atomic E-state index is 8.78. The van der Waals surface area contributed by atoms with E-state index >= 15 is 0 Å². The van der Waals surface area contributed by atoms with Crippen molar-refractivity contribution in [2.24, 2.45) is 0 Å². The Morgan fingerprint density at radius 2 is 0.250 bits per heavy atom. The number of rotatable bonds is 46. The van der Waals surface area contributed by atoms with Crippen molar-refractivity contribution in [1.29, 1.82) is 0 Å². The first-order valence-corrected chi connectivity index (χ1v) is 25.0. The van der Waals surface area contributed by atoms with E-state index in [2.05, 4.69) is 13.8 Å². The Balaban J connectivity index is 0. The lowest BCUT2D eigenvalue weighted by Crippen LogP contribution is -1.85. The van der Waals surface area contributed by atoms with E-state index in [9.17, 15) is 0 Å². The molecule has 2 nitrogen and oxygen atoms in total. The van der Waals surface area contributed by atoms with Crippen LogP contribution in [0.4, 0.5) is 0 Å². The molecule has 316 valence electrons. The summed E-state index contributed by atoms with van der Waals surface area (Å²) in [7, 11) is 0. The van der Waals surface area contributed by atoms with Crippen LogP contribution in [0.5, 0.6) is 0 Å². The second-order valence-corrected chi connectivity index (χ2v) is 17.0. The highest BCUT2D eigenvalue weighted by atomic mass is 16.3. The van der Waals surface area contributed by atoms with E-state index < -0.39 is 0 Å². The SMILES string of the molecule is CCCCCCCCCCCCCCCCCCCCCCCCCCCCCCCCCCO.CCCCCCCCCCCCCCCCO. The Morgan fingerprint density at radius 3 is 0.346 bits per heavy atom. The highest BCUT2D eigenvalue weighted by Crippen LogP contribution is 2.17. The topological polar surface area (TPSA) is 40.5 Å². The van der Waals surface area contributed by atoms with Crippen LogP contribution in [-0.2, 0) is 0 Å². The fourth-order valence-corrected chi connectivity index (χ4v) is 7.79. The molecule has 0 rings (SSSR count). The second-order valence-electron chi connectivity index (χ2n) is 17.0. The first-order valence-electron chi connectivity index (χ1n) is 25.0. The van der Waals surface area contributed by atoms with Crippen LogP contribution < -0.4 is 0 Å². The van der Waals surface area contributed by atoms with Crippen molar-refractivity contribution in [3.63, 3.8) is 0 Å². The molecule has 0 bridgehead atoms. The maximum Gasteiger partial charge on any atom is 0.0431 e. The predicted molar refractivity (Wildman–Crippen MR) is 238 cm³/mol. The Bertz CT molecular complexity index is 502. The fourth-order valence-electron chi connectivity index (χ4n) is 7.79. The molecule has 0 aromatic rings. The van der Waals surface area contributed by atoms with Gasteiger partial charge in [0.15, 0.2) is 0 Å². The summed E-state index contributed by atoms with van der Waals surface area (Å²) in [4.78, 5) is 0. The molecule has 0 amide bonds. The quantitative estimate of drug-likeness (QED) is 0.0611. The Hall–Kier alpha value is -0.0800. The van der Waals surface area contributed by atoms with Crippen LogP contribution in [0.2, 0.25) is 0 Å². The van der Waals surface area contributed by atoms with Crippen LogP contribution in [0.15, 0.2) is 0 Å². The highest BCUT2D eigenvalue weighted by Gasteiger charge is 1.98. The van der Waals surface area contributed by atoms with Crippen molar-refractivity contribution < 1.29 is 10.2 Å². The van der Waals surface area contributed by atoms with Gasteiger partial charge < -0.3 is 10.2 Å². The molecule has 0 radical (unpaired) electrons. The Morgan fingerprint density at radius 1 is 0.154 bits per heavy atom. The van der Waals surface area contributed by atoms with Crippen molar-refractivity contribution in [1.82, 2.24) is 0 Å². The zero-order chi connectivity index (χ0) is 37.9. The van der Waals surface area contributed by atoms with Gasteiger partial charge in [-0.2, -0.15) is 0 Å². The van der Waals surface area contributed by atoms with Gasteiger partial charge in [0, 0.05) is 13.2 Å². The summed E-state index contributed by atoms with van der Waals surface area (Å²) in [5, 5.41) is 17.4. The van der Waals surface area contributed by atoms with Gasteiger partial charge in [-0.1, -0.05) is 296 Å². The van der Waals surface area contributed by atoms with Gasteiger partial charge in [-0.25, -0.2) is 0 Å². The van der Waals surface area contributed by atoms with Crippen LogP contribution in [0, 0.1) is 0 Å². The highest BCUT2D eigenvalue weighted by molar-refractivity contribution is 4.53. The minimum Gasteiger partial charge on any atom is -0.396 e. The Kier molecular flexibility index (Phi) is 57.4. The molecule has 2 N–H and O–H groups in total. The molecule has 0 aliphatic carbocycles. The lowest BCUT2D eigenvalue weighted by atomic mass is 10.0. The molecular formula is C50H104O2. The molecule has 0 saturated carbocycles.